The number of carbonyl (C=O) groups excluding carboxylic acids is 1. The van der Waals surface area contributed by atoms with E-state index in [2.05, 4.69) is 55.3 Å². The Morgan fingerprint density at radius 2 is 1.71 bits per heavy atom. The smallest absolute Gasteiger partial charge is 0.234 e. The van der Waals surface area contributed by atoms with Crippen molar-refractivity contribution in [1.29, 1.82) is 0 Å². The molecule has 0 bridgehead atoms. The highest BCUT2D eigenvalue weighted by atomic mass is 79.9. The molecule has 2 fully saturated rings. The second kappa shape index (κ2) is 6.90. The number of benzene rings is 1. The van der Waals surface area contributed by atoms with Crippen LogP contribution in [0.2, 0.25) is 0 Å². The summed E-state index contributed by atoms with van der Waals surface area (Å²) < 4.78 is 1.12. The summed E-state index contributed by atoms with van der Waals surface area (Å²) >= 11 is 3.46. The molecule has 1 saturated heterocycles. The molecule has 0 spiro atoms. The molecule has 4 nitrogen and oxygen atoms in total. The molecule has 2 aliphatic rings. The minimum Gasteiger partial charge on any atom is -0.352 e. The Hall–Kier alpha value is -0.910. The summed E-state index contributed by atoms with van der Waals surface area (Å²) in [6, 6.07) is 8.98. The van der Waals surface area contributed by atoms with E-state index in [0.717, 1.165) is 50.0 Å². The summed E-state index contributed by atoms with van der Waals surface area (Å²) in [6.07, 6.45) is 2.32. The summed E-state index contributed by atoms with van der Waals surface area (Å²) in [5, 5.41) is 3.06. The third-order valence-corrected chi connectivity index (χ3v) is 4.62. The van der Waals surface area contributed by atoms with Crippen LogP contribution in [0.5, 0.6) is 0 Å². The second-order valence-electron chi connectivity index (χ2n) is 6.02. The SMILES string of the molecule is O=C(CN1CCN(Cc2ccc(Br)cc2)CC1)NC1CC1. The number of amides is 1. The van der Waals surface area contributed by atoms with Gasteiger partial charge >= 0.3 is 0 Å². The molecule has 1 N–H and O–H groups in total. The average molecular weight is 352 g/mol. The van der Waals surface area contributed by atoms with Gasteiger partial charge in [-0.25, -0.2) is 0 Å². The highest BCUT2D eigenvalue weighted by Crippen LogP contribution is 2.18. The number of hydrogen-bond acceptors (Lipinski definition) is 3. The molecule has 1 aromatic rings. The third kappa shape index (κ3) is 4.80. The summed E-state index contributed by atoms with van der Waals surface area (Å²) in [5.41, 5.74) is 1.35. The maximum atomic E-state index is 11.8. The first-order valence-electron chi connectivity index (χ1n) is 7.67. The van der Waals surface area contributed by atoms with Gasteiger partial charge in [-0.2, -0.15) is 0 Å². The van der Waals surface area contributed by atoms with Crippen molar-refractivity contribution in [3.63, 3.8) is 0 Å². The Bertz CT molecular complexity index is 479. The molecule has 3 rings (SSSR count). The zero-order valence-electron chi connectivity index (χ0n) is 12.2. The lowest BCUT2D eigenvalue weighted by Gasteiger charge is -2.34. The van der Waals surface area contributed by atoms with Crippen LogP contribution in [0.4, 0.5) is 0 Å². The molecule has 1 aromatic carbocycles. The van der Waals surface area contributed by atoms with Crippen molar-refractivity contribution in [2.45, 2.75) is 25.4 Å². The molecular formula is C16H22BrN3O. The van der Waals surface area contributed by atoms with Crippen molar-refractivity contribution in [2.24, 2.45) is 0 Å². The van der Waals surface area contributed by atoms with Crippen LogP contribution in [-0.4, -0.2) is 54.5 Å². The number of rotatable bonds is 5. The van der Waals surface area contributed by atoms with Crippen LogP contribution >= 0.6 is 15.9 Å². The average Bonchev–Trinajstić information content (AvgIpc) is 3.27. The number of nitrogens with one attached hydrogen (secondary N) is 1. The van der Waals surface area contributed by atoms with E-state index in [0.29, 0.717) is 12.6 Å². The van der Waals surface area contributed by atoms with Crippen LogP contribution in [0.1, 0.15) is 18.4 Å². The Morgan fingerprint density at radius 3 is 2.33 bits per heavy atom. The first kappa shape index (κ1) is 15.0. The molecule has 114 valence electrons. The molecule has 0 atom stereocenters. The van der Waals surface area contributed by atoms with Gasteiger partial charge in [-0.3, -0.25) is 14.6 Å². The Morgan fingerprint density at radius 1 is 1.10 bits per heavy atom. The van der Waals surface area contributed by atoms with Crippen LogP contribution in [0.25, 0.3) is 0 Å². The van der Waals surface area contributed by atoms with E-state index in [4.69, 9.17) is 0 Å². The molecule has 1 amide bonds. The zero-order chi connectivity index (χ0) is 14.7. The molecular weight excluding hydrogens is 330 g/mol. The fraction of sp³-hybridized carbons (Fsp3) is 0.562. The van der Waals surface area contributed by atoms with E-state index < -0.39 is 0 Å². The van der Waals surface area contributed by atoms with Crippen molar-refractivity contribution >= 4 is 21.8 Å². The first-order chi connectivity index (χ1) is 10.2. The van der Waals surface area contributed by atoms with Crippen LogP contribution < -0.4 is 5.32 Å². The van der Waals surface area contributed by atoms with Crippen molar-refractivity contribution in [3.05, 3.63) is 34.3 Å². The predicted molar refractivity (Wildman–Crippen MR) is 87.0 cm³/mol. The number of piperazine rings is 1. The van der Waals surface area contributed by atoms with Gasteiger partial charge in [-0.15, -0.1) is 0 Å². The normalized spacial score (nSPS) is 20.4. The van der Waals surface area contributed by atoms with Crippen LogP contribution in [0.15, 0.2) is 28.7 Å². The standard InChI is InChI=1S/C16H22BrN3O/c17-14-3-1-13(2-4-14)11-19-7-9-20(10-8-19)12-16(21)18-15-5-6-15/h1-4,15H,5-12H2,(H,18,21). The van der Waals surface area contributed by atoms with Crippen molar-refractivity contribution in [2.75, 3.05) is 32.7 Å². The fourth-order valence-electron chi connectivity index (χ4n) is 2.66. The molecule has 1 aliphatic heterocycles. The lowest BCUT2D eigenvalue weighted by molar-refractivity contribution is -0.122. The van der Waals surface area contributed by atoms with Gasteiger partial charge in [0.2, 0.25) is 5.91 Å². The van der Waals surface area contributed by atoms with Gasteiger partial charge in [-0.1, -0.05) is 28.1 Å². The minimum atomic E-state index is 0.193. The van der Waals surface area contributed by atoms with Crippen molar-refractivity contribution in [3.8, 4) is 0 Å². The lowest BCUT2D eigenvalue weighted by Crippen LogP contribution is -2.49. The van der Waals surface area contributed by atoms with E-state index >= 15 is 0 Å². The van der Waals surface area contributed by atoms with E-state index in [1.165, 1.54) is 5.56 Å². The van der Waals surface area contributed by atoms with Crippen molar-refractivity contribution < 1.29 is 4.79 Å². The molecule has 0 unspecified atom stereocenters. The highest BCUT2D eigenvalue weighted by Gasteiger charge is 2.25. The van der Waals surface area contributed by atoms with Crippen LogP contribution in [-0.2, 0) is 11.3 Å². The Kier molecular flexibility index (Phi) is 4.93. The van der Waals surface area contributed by atoms with Crippen LogP contribution in [0, 0.1) is 0 Å². The van der Waals surface area contributed by atoms with Gasteiger partial charge in [0.25, 0.3) is 0 Å². The van der Waals surface area contributed by atoms with Gasteiger partial charge in [0.15, 0.2) is 0 Å². The highest BCUT2D eigenvalue weighted by molar-refractivity contribution is 9.10. The molecule has 0 radical (unpaired) electrons. The monoisotopic (exact) mass is 351 g/mol. The van der Waals surface area contributed by atoms with Gasteiger partial charge in [0.05, 0.1) is 6.54 Å². The van der Waals surface area contributed by atoms with Gasteiger partial charge in [0, 0.05) is 43.2 Å². The topological polar surface area (TPSA) is 35.6 Å². The maximum absolute atomic E-state index is 11.8. The minimum absolute atomic E-state index is 0.193. The Balaban J connectivity index is 1.40. The maximum Gasteiger partial charge on any atom is 0.234 e. The van der Waals surface area contributed by atoms with E-state index in [1.54, 1.807) is 0 Å². The summed E-state index contributed by atoms with van der Waals surface area (Å²) in [4.78, 5) is 16.5. The third-order valence-electron chi connectivity index (χ3n) is 4.09. The summed E-state index contributed by atoms with van der Waals surface area (Å²) in [6.45, 7) is 5.58. The largest absolute Gasteiger partial charge is 0.352 e. The second-order valence-corrected chi connectivity index (χ2v) is 6.94. The number of nitrogens with zero attached hydrogens (tertiary/aromatic N) is 2. The molecule has 21 heavy (non-hydrogen) atoms. The van der Waals surface area contributed by atoms with E-state index in [-0.39, 0.29) is 5.91 Å². The molecule has 5 heteroatoms. The molecule has 0 aromatic heterocycles. The summed E-state index contributed by atoms with van der Waals surface area (Å²) in [5.74, 6) is 0.193. The molecule has 1 heterocycles. The number of halogens is 1. The van der Waals surface area contributed by atoms with Crippen LogP contribution in [0.3, 0.4) is 0 Å². The fourth-order valence-corrected chi connectivity index (χ4v) is 2.92. The van der Waals surface area contributed by atoms with Crippen molar-refractivity contribution in [1.82, 2.24) is 15.1 Å². The first-order valence-corrected chi connectivity index (χ1v) is 8.47. The molecule has 1 aliphatic carbocycles. The number of carbonyl (C=O) groups is 1. The van der Waals surface area contributed by atoms with E-state index in [9.17, 15) is 4.79 Å². The Labute approximate surface area is 134 Å². The summed E-state index contributed by atoms with van der Waals surface area (Å²) in [7, 11) is 0. The quantitative estimate of drug-likeness (QED) is 0.879. The zero-order valence-corrected chi connectivity index (χ0v) is 13.8. The van der Waals surface area contributed by atoms with Gasteiger partial charge < -0.3 is 5.32 Å². The number of hydrogen-bond donors (Lipinski definition) is 1. The lowest BCUT2D eigenvalue weighted by atomic mass is 10.2. The predicted octanol–water partition coefficient (Wildman–Crippen LogP) is 1.85. The van der Waals surface area contributed by atoms with E-state index in [1.807, 2.05) is 0 Å². The van der Waals surface area contributed by atoms with Gasteiger partial charge in [-0.05, 0) is 30.5 Å². The van der Waals surface area contributed by atoms with Gasteiger partial charge in [0.1, 0.15) is 0 Å². The molecule has 1 saturated carbocycles.